The molecule has 0 aliphatic heterocycles. The quantitative estimate of drug-likeness (QED) is 0.484. The van der Waals surface area contributed by atoms with Crippen molar-refractivity contribution in [2.24, 2.45) is 0 Å². The number of nitrogens with one attached hydrogen (secondary N) is 1. The Bertz CT molecular complexity index is 1000. The third kappa shape index (κ3) is 6.25. The average molecular weight is 420 g/mol. The number of benzene rings is 3. The molecule has 0 saturated carbocycles. The summed E-state index contributed by atoms with van der Waals surface area (Å²) in [5, 5.41) is 2.97. The van der Waals surface area contributed by atoms with Crippen molar-refractivity contribution in [3.63, 3.8) is 0 Å². The van der Waals surface area contributed by atoms with Crippen LogP contribution in [0.2, 0.25) is 0 Å². The molecule has 1 amide bonds. The molecule has 3 aromatic rings. The fraction of sp³-hybridized carbons (Fsp3) is 0.269. The zero-order valence-electron chi connectivity index (χ0n) is 18.3. The first kappa shape index (κ1) is 22.2. The molecule has 0 radical (unpaired) electrons. The molecule has 0 saturated heterocycles. The van der Waals surface area contributed by atoms with E-state index in [4.69, 9.17) is 14.2 Å². The Morgan fingerprint density at radius 1 is 0.871 bits per heavy atom. The molecule has 0 atom stereocenters. The van der Waals surface area contributed by atoms with Crippen LogP contribution < -0.4 is 19.5 Å². The zero-order chi connectivity index (χ0) is 22.1. The van der Waals surface area contributed by atoms with Crippen LogP contribution in [0.4, 0.5) is 0 Å². The highest BCUT2D eigenvalue weighted by Crippen LogP contribution is 2.29. The molecule has 0 unspecified atom stereocenters. The lowest BCUT2D eigenvalue weighted by Gasteiger charge is -2.14. The van der Waals surface area contributed by atoms with Crippen molar-refractivity contribution in [3.05, 3.63) is 89.0 Å². The molecule has 5 heteroatoms. The first-order valence-corrected chi connectivity index (χ1v) is 10.5. The molecule has 1 N–H and O–H groups in total. The van der Waals surface area contributed by atoms with Crippen LogP contribution >= 0.6 is 0 Å². The third-order valence-electron chi connectivity index (χ3n) is 4.76. The Morgan fingerprint density at radius 2 is 1.65 bits per heavy atom. The highest BCUT2D eigenvalue weighted by molar-refractivity contribution is 5.97. The van der Waals surface area contributed by atoms with E-state index in [9.17, 15) is 4.79 Å². The number of carbonyl (C=O) groups is 1. The molecule has 0 heterocycles. The van der Waals surface area contributed by atoms with Crippen LogP contribution in [-0.2, 0) is 13.2 Å². The predicted molar refractivity (Wildman–Crippen MR) is 122 cm³/mol. The summed E-state index contributed by atoms with van der Waals surface area (Å²) in [4.78, 5) is 12.8. The largest absolute Gasteiger partial charge is 0.493 e. The normalized spacial score (nSPS) is 10.4. The minimum absolute atomic E-state index is 0.168. The first-order chi connectivity index (χ1) is 15.1. The molecule has 0 fully saturated rings. The molecule has 0 aliphatic carbocycles. The van der Waals surface area contributed by atoms with Gasteiger partial charge in [-0.2, -0.15) is 0 Å². The fourth-order valence-electron chi connectivity index (χ4n) is 3.11. The second kappa shape index (κ2) is 11.1. The number of hydrogen-bond acceptors (Lipinski definition) is 4. The van der Waals surface area contributed by atoms with Crippen LogP contribution in [0.25, 0.3) is 0 Å². The molecular formula is C26H29NO4. The van der Waals surface area contributed by atoms with E-state index in [-0.39, 0.29) is 5.91 Å². The van der Waals surface area contributed by atoms with Crippen LogP contribution in [0, 0.1) is 6.92 Å². The molecule has 0 spiro atoms. The molecule has 3 rings (SSSR count). The van der Waals surface area contributed by atoms with Gasteiger partial charge in [-0.05, 0) is 48.7 Å². The van der Waals surface area contributed by atoms with Crippen LogP contribution in [-0.4, -0.2) is 19.6 Å². The Kier molecular flexibility index (Phi) is 7.93. The van der Waals surface area contributed by atoms with Crippen LogP contribution in [0.15, 0.2) is 66.7 Å². The lowest BCUT2D eigenvalue weighted by molar-refractivity contribution is 0.0946. The van der Waals surface area contributed by atoms with Crippen molar-refractivity contribution in [1.29, 1.82) is 0 Å². The smallest absolute Gasteiger partial charge is 0.255 e. The first-order valence-electron chi connectivity index (χ1n) is 10.5. The van der Waals surface area contributed by atoms with Gasteiger partial charge in [0.25, 0.3) is 5.91 Å². The molecule has 0 bridgehead atoms. The molecule has 0 aromatic heterocycles. The number of carbonyl (C=O) groups excluding carboxylic acids is 1. The summed E-state index contributed by atoms with van der Waals surface area (Å²) in [6.07, 6.45) is 0.882. The Hall–Kier alpha value is -3.47. The average Bonchev–Trinajstić information content (AvgIpc) is 2.81. The lowest BCUT2D eigenvalue weighted by atomic mass is 10.1. The number of rotatable bonds is 10. The number of hydrogen-bond donors (Lipinski definition) is 1. The summed E-state index contributed by atoms with van der Waals surface area (Å²) in [7, 11) is 1.61. The topological polar surface area (TPSA) is 56.8 Å². The van der Waals surface area contributed by atoms with Crippen molar-refractivity contribution in [2.75, 3.05) is 13.7 Å². The monoisotopic (exact) mass is 419 g/mol. The van der Waals surface area contributed by atoms with Gasteiger partial charge >= 0.3 is 0 Å². The summed E-state index contributed by atoms with van der Waals surface area (Å²) < 4.78 is 17.1. The van der Waals surface area contributed by atoms with E-state index in [0.717, 1.165) is 23.1 Å². The van der Waals surface area contributed by atoms with E-state index < -0.39 is 0 Å². The van der Waals surface area contributed by atoms with Crippen LogP contribution in [0.1, 0.15) is 40.4 Å². The molecule has 162 valence electrons. The van der Waals surface area contributed by atoms with Gasteiger partial charge in [0.1, 0.15) is 12.4 Å². The minimum Gasteiger partial charge on any atom is -0.493 e. The Morgan fingerprint density at radius 3 is 2.39 bits per heavy atom. The van der Waals surface area contributed by atoms with E-state index in [1.54, 1.807) is 7.11 Å². The zero-order valence-corrected chi connectivity index (χ0v) is 18.3. The summed E-state index contributed by atoms with van der Waals surface area (Å²) in [5.74, 6) is 1.73. The van der Waals surface area contributed by atoms with E-state index in [1.807, 2.05) is 80.6 Å². The SMILES string of the molecule is CCCOc1ccc(C)cc1C(=O)NCc1ccc(OCc2ccccc2)c(OC)c1. The van der Waals surface area contributed by atoms with Gasteiger partial charge in [-0.1, -0.05) is 55.0 Å². The maximum Gasteiger partial charge on any atom is 0.255 e. The van der Waals surface area contributed by atoms with Gasteiger partial charge in [-0.15, -0.1) is 0 Å². The standard InChI is InChI=1S/C26H29NO4/c1-4-14-30-23-12-10-19(2)15-22(23)26(28)27-17-21-11-13-24(25(16-21)29-3)31-18-20-8-6-5-7-9-20/h5-13,15-16H,4,14,17-18H2,1-3H3,(H,27,28). The van der Waals surface area contributed by atoms with Crippen LogP contribution in [0.3, 0.4) is 0 Å². The van der Waals surface area contributed by atoms with Crippen molar-refractivity contribution < 1.29 is 19.0 Å². The van der Waals surface area contributed by atoms with Gasteiger partial charge < -0.3 is 19.5 Å². The highest BCUT2D eigenvalue weighted by Gasteiger charge is 2.14. The number of amides is 1. The summed E-state index contributed by atoms with van der Waals surface area (Å²) in [5.41, 5.74) is 3.56. The number of ether oxygens (including phenoxy) is 3. The lowest BCUT2D eigenvalue weighted by Crippen LogP contribution is -2.23. The van der Waals surface area contributed by atoms with Crippen molar-refractivity contribution >= 4 is 5.91 Å². The van der Waals surface area contributed by atoms with E-state index in [1.165, 1.54) is 0 Å². The second-order valence-electron chi connectivity index (χ2n) is 7.29. The molecule has 3 aromatic carbocycles. The van der Waals surface area contributed by atoms with Crippen molar-refractivity contribution in [3.8, 4) is 17.2 Å². The summed E-state index contributed by atoms with van der Waals surface area (Å²) >= 11 is 0. The van der Waals surface area contributed by atoms with Crippen molar-refractivity contribution in [1.82, 2.24) is 5.32 Å². The van der Waals surface area contributed by atoms with Crippen molar-refractivity contribution in [2.45, 2.75) is 33.4 Å². The van der Waals surface area contributed by atoms with Gasteiger partial charge in [0.2, 0.25) is 0 Å². The molecule has 31 heavy (non-hydrogen) atoms. The van der Waals surface area contributed by atoms with Gasteiger partial charge in [0.15, 0.2) is 11.5 Å². The van der Waals surface area contributed by atoms with E-state index in [0.29, 0.717) is 42.6 Å². The summed E-state index contributed by atoms with van der Waals surface area (Å²) in [6, 6.07) is 21.3. The fourth-order valence-corrected chi connectivity index (χ4v) is 3.11. The summed E-state index contributed by atoms with van der Waals surface area (Å²) in [6.45, 7) is 5.40. The molecular weight excluding hydrogens is 390 g/mol. The van der Waals surface area contributed by atoms with Crippen LogP contribution in [0.5, 0.6) is 17.2 Å². The van der Waals surface area contributed by atoms with E-state index >= 15 is 0 Å². The maximum absolute atomic E-state index is 12.8. The molecule has 5 nitrogen and oxygen atoms in total. The second-order valence-corrected chi connectivity index (χ2v) is 7.29. The Labute approximate surface area is 184 Å². The van der Waals surface area contributed by atoms with Gasteiger partial charge in [0.05, 0.1) is 19.3 Å². The number of aryl methyl sites for hydroxylation is 1. The highest BCUT2D eigenvalue weighted by atomic mass is 16.5. The van der Waals surface area contributed by atoms with Gasteiger partial charge in [-0.3, -0.25) is 4.79 Å². The predicted octanol–water partition coefficient (Wildman–Crippen LogP) is 5.30. The molecule has 0 aliphatic rings. The van der Waals surface area contributed by atoms with Gasteiger partial charge in [0, 0.05) is 6.54 Å². The maximum atomic E-state index is 12.8. The number of methoxy groups -OCH3 is 1. The van der Waals surface area contributed by atoms with Gasteiger partial charge in [-0.25, -0.2) is 0 Å². The minimum atomic E-state index is -0.168. The third-order valence-corrected chi connectivity index (χ3v) is 4.76. The Balaban J connectivity index is 1.65. The van der Waals surface area contributed by atoms with E-state index in [2.05, 4.69) is 5.32 Å².